The van der Waals surface area contributed by atoms with Crippen LogP contribution < -0.4 is 5.32 Å². The third-order valence-electron chi connectivity index (χ3n) is 3.14. The number of fused-ring (bicyclic) bond motifs is 3. The van der Waals surface area contributed by atoms with Crippen molar-refractivity contribution < 1.29 is 4.79 Å². The van der Waals surface area contributed by atoms with E-state index in [0.29, 0.717) is 16.5 Å². The molecule has 2 heterocycles. The number of hydrogen-bond donors (Lipinski definition) is 1. The molecular formula is C15H10N4OS. The SMILES string of the molecule is O=C(Nc1nc2nc3ccccc3n2s1)c1ccccc1. The van der Waals surface area contributed by atoms with Crippen LogP contribution in [-0.4, -0.2) is 19.7 Å². The highest BCUT2D eigenvalue weighted by molar-refractivity contribution is 7.11. The number of amides is 1. The van der Waals surface area contributed by atoms with Crippen LogP contribution in [0.4, 0.5) is 5.13 Å². The molecule has 1 N–H and O–H groups in total. The van der Waals surface area contributed by atoms with Crippen LogP contribution in [-0.2, 0) is 0 Å². The molecule has 2 aromatic carbocycles. The summed E-state index contributed by atoms with van der Waals surface area (Å²) in [5.41, 5.74) is 2.50. The zero-order chi connectivity index (χ0) is 14.2. The van der Waals surface area contributed by atoms with Crippen LogP contribution in [0.5, 0.6) is 0 Å². The molecule has 4 rings (SSSR count). The zero-order valence-electron chi connectivity index (χ0n) is 10.9. The minimum Gasteiger partial charge on any atom is -0.297 e. The molecule has 2 aromatic heterocycles. The van der Waals surface area contributed by atoms with Crippen molar-refractivity contribution in [1.82, 2.24) is 13.8 Å². The highest BCUT2D eigenvalue weighted by atomic mass is 32.1. The molecule has 0 radical (unpaired) electrons. The van der Waals surface area contributed by atoms with E-state index in [1.54, 1.807) is 12.1 Å². The fourth-order valence-electron chi connectivity index (χ4n) is 2.16. The van der Waals surface area contributed by atoms with Crippen molar-refractivity contribution in [2.45, 2.75) is 0 Å². The van der Waals surface area contributed by atoms with Crippen LogP contribution in [0.2, 0.25) is 0 Å². The van der Waals surface area contributed by atoms with Gasteiger partial charge in [-0.05, 0) is 35.8 Å². The number of para-hydroxylation sites is 2. The van der Waals surface area contributed by atoms with Crippen molar-refractivity contribution in [2.24, 2.45) is 0 Å². The van der Waals surface area contributed by atoms with Crippen LogP contribution in [0.15, 0.2) is 54.6 Å². The zero-order valence-corrected chi connectivity index (χ0v) is 11.7. The molecule has 0 bridgehead atoms. The molecule has 102 valence electrons. The van der Waals surface area contributed by atoms with Gasteiger partial charge in [0.2, 0.25) is 10.9 Å². The summed E-state index contributed by atoms with van der Waals surface area (Å²) in [6.45, 7) is 0. The summed E-state index contributed by atoms with van der Waals surface area (Å²) >= 11 is 1.37. The number of rotatable bonds is 2. The number of imidazole rings is 1. The minimum atomic E-state index is -0.170. The van der Waals surface area contributed by atoms with E-state index >= 15 is 0 Å². The Labute approximate surface area is 124 Å². The highest BCUT2D eigenvalue weighted by Gasteiger charge is 2.12. The van der Waals surface area contributed by atoms with Crippen LogP contribution in [0.3, 0.4) is 0 Å². The molecule has 0 saturated heterocycles. The summed E-state index contributed by atoms with van der Waals surface area (Å²) < 4.78 is 1.91. The third-order valence-corrected chi connectivity index (χ3v) is 4.05. The predicted octanol–water partition coefficient (Wildman–Crippen LogP) is 3.20. The number of benzene rings is 2. The number of hydrogen-bond acceptors (Lipinski definition) is 4. The lowest BCUT2D eigenvalue weighted by Gasteiger charge is -1.99. The highest BCUT2D eigenvalue weighted by Crippen LogP contribution is 2.23. The largest absolute Gasteiger partial charge is 0.297 e. The molecule has 21 heavy (non-hydrogen) atoms. The Morgan fingerprint density at radius 2 is 1.76 bits per heavy atom. The molecule has 0 aliphatic heterocycles. The average Bonchev–Trinajstić information content (AvgIpc) is 3.05. The van der Waals surface area contributed by atoms with Gasteiger partial charge in [-0.1, -0.05) is 30.3 Å². The Kier molecular flexibility index (Phi) is 2.68. The molecular weight excluding hydrogens is 284 g/mol. The van der Waals surface area contributed by atoms with E-state index in [-0.39, 0.29) is 5.91 Å². The van der Waals surface area contributed by atoms with E-state index in [4.69, 9.17) is 0 Å². The lowest BCUT2D eigenvalue weighted by Crippen LogP contribution is -2.11. The second-order valence-corrected chi connectivity index (χ2v) is 5.46. The molecule has 0 fully saturated rings. The van der Waals surface area contributed by atoms with Gasteiger partial charge in [0.1, 0.15) is 0 Å². The third kappa shape index (κ3) is 2.05. The average molecular weight is 294 g/mol. The summed E-state index contributed by atoms with van der Waals surface area (Å²) in [5, 5.41) is 3.35. The van der Waals surface area contributed by atoms with E-state index in [0.717, 1.165) is 11.0 Å². The monoisotopic (exact) mass is 294 g/mol. The number of carbonyl (C=O) groups excluding carboxylic acids is 1. The van der Waals surface area contributed by atoms with E-state index in [9.17, 15) is 4.79 Å². The first-order chi connectivity index (χ1) is 10.3. The molecule has 0 unspecified atom stereocenters. The maximum absolute atomic E-state index is 12.1. The smallest absolute Gasteiger partial charge is 0.257 e. The topological polar surface area (TPSA) is 59.3 Å². The Balaban J connectivity index is 1.70. The molecule has 1 amide bonds. The quantitative estimate of drug-likeness (QED) is 0.617. The fourth-order valence-corrected chi connectivity index (χ4v) is 3.01. The first kappa shape index (κ1) is 12.0. The van der Waals surface area contributed by atoms with Gasteiger partial charge in [0.15, 0.2) is 0 Å². The summed E-state index contributed by atoms with van der Waals surface area (Å²) in [4.78, 5) is 20.9. The van der Waals surface area contributed by atoms with Crippen molar-refractivity contribution in [2.75, 3.05) is 5.32 Å². The van der Waals surface area contributed by atoms with Crippen molar-refractivity contribution >= 4 is 39.4 Å². The Bertz CT molecular complexity index is 942. The van der Waals surface area contributed by atoms with Crippen LogP contribution >= 0.6 is 11.5 Å². The van der Waals surface area contributed by atoms with Crippen molar-refractivity contribution in [3.63, 3.8) is 0 Å². The van der Waals surface area contributed by atoms with Crippen LogP contribution in [0.1, 0.15) is 10.4 Å². The van der Waals surface area contributed by atoms with Gasteiger partial charge >= 0.3 is 0 Å². The maximum atomic E-state index is 12.1. The maximum Gasteiger partial charge on any atom is 0.257 e. The van der Waals surface area contributed by atoms with Crippen LogP contribution in [0.25, 0.3) is 16.8 Å². The molecule has 6 heteroatoms. The van der Waals surface area contributed by atoms with Gasteiger partial charge in [-0.3, -0.25) is 10.1 Å². The molecule has 0 aliphatic rings. The fraction of sp³-hybridized carbons (Fsp3) is 0. The summed E-state index contributed by atoms with van der Waals surface area (Å²) in [6, 6.07) is 16.9. The second kappa shape index (κ2) is 4.68. The summed E-state index contributed by atoms with van der Waals surface area (Å²) in [7, 11) is 0. The van der Waals surface area contributed by atoms with E-state index < -0.39 is 0 Å². The van der Waals surface area contributed by atoms with Crippen molar-refractivity contribution in [3.05, 3.63) is 60.2 Å². The predicted molar refractivity (Wildman–Crippen MR) is 82.8 cm³/mol. The Hall–Kier alpha value is -2.73. The molecule has 0 saturated carbocycles. The number of anilines is 1. The molecule has 4 aromatic rings. The van der Waals surface area contributed by atoms with Gasteiger partial charge in [0, 0.05) is 5.56 Å². The number of nitrogens with zero attached hydrogens (tertiary/aromatic N) is 3. The van der Waals surface area contributed by atoms with E-state index in [1.807, 2.05) is 46.3 Å². The Morgan fingerprint density at radius 1 is 1.00 bits per heavy atom. The number of nitrogens with one attached hydrogen (secondary N) is 1. The molecule has 0 spiro atoms. The first-order valence-electron chi connectivity index (χ1n) is 6.42. The lowest BCUT2D eigenvalue weighted by atomic mass is 10.2. The lowest BCUT2D eigenvalue weighted by molar-refractivity contribution is 0.102. The van der Waals surface area contributed by atoms with Gasteiger partial charge in [0.25, 0.3) is 5.91 Å². The van der Waals surface area contributed by atoms with Crippen LogP contribution in [0, 0.1) is 0 Å². The van der Waals surface area contributed by atoms with Crippen molar-refractivity contribution in [1.29, 1.82) is 0 Å². The Morgan fingerprint density at radius 3 is 2.62 bits per heavy atom. The normalized spacial score (nSPS) is 11.0. The number of aromatic nitrogens is 3. The van der Waals surface area contributed by atoms with Gasteiger partial charge < -0.3 is 0 Å². The van der Waals surface area contributed by atoms with Gasteiger partial charge in [0.05, 0.1) is 11.0 Å². The van der Waals surface area contributed by atoms with Crippen molar-refractivity contribution in [3.8, 4) is 0 Å². The second-order valence-electron chi connectivity index (χ2n) is 4.52. The standard InChI is InChI=1S/C15H10N4OS/c20-13(10-6-2-1-3-7-10)17-15-18-14-16-11-8-4-5-9-12(11)19(14)21-15/h1-9H,(H,16,17,18,20). The van der Waals surface area contributed by atoms with Gasteiger partial charge in [-0.2, -0.15) is 4.98 Å². The molecule has 0 atom stereocenters. The first-order valence-corrected chi connectivity index (χ1v) is 7.19. The number of carbonyl (C=O) groups is 1. The molecule has 0 aliphatic carbocycles. The van der Waals surface area contributed by atoms with E-state index in [2.05, 4.69) is 15.3 Å². The summed E-state index contributed by atoms with van der Waals surface area (Å²) in [6.07, 6.45) is 0. The van der Waals surface area contributed by atoms with Gasteiger partial charge in [-0.25, -0.2) is 8.77 Å². The minimum absolute atomic E-state index is 0.170. The van der Waals surface area contributed by atoms with Gasteiger partial charge in [-0.15, -0.1) is 0 Å². The van der Waals surface area contributed by atoms with E-state index in [1.165, 1.54) is 11.5 Å². The summed E-state index contributed by atoms with van der Waals surface area (Å²) in [5.74, 6) is 0.432. The molecule has 5 nitrogen and oxygen atoms in total.